The fourth-order valence-corrected chi connectivity index (χ4v) is 6.11. The number of methoxy groups -OCH3 is 1. The first-order valence-electron chi connectivity index (χ1n) is 12.5. The predicted molar refractivity (Wildman–Crippen MR) is 148 cm³/mol. The summed E-state index contributed by atoms with van der Waals surface area (Å²) in [5.41, 5.74) is 5.68. The molecule has 3 aromatic rings. The highest BCUT2D eigenvalue weighted by Crippen LogP contribution is 2.44. The van der Waals surface area contributed by atoms with E-state index in [9.17, 15) is 14.1 Å². The molecule has 1 aliphatic heterocycles. The van der Waals surface area contributed by atoms with Crippen LogP contribution >= 0.6 is 0 Å². The summed E-state index contributed by atoms with van der Waals surface area (Å²) >= 11 is 0. The van der Waals surface area contributed by atoms with Crippen LogP contribution in [0.4, 0.5) is 0 Å². The average molecular weight is 522 g/mol. The standard InChI is InChI=1S/C29H35N3O4S/c1-6-30-28(34)24-17-22-18-32(37(35)29(2,3)4)25(13-14-33)26(22)27(31-24)21-11-7-9-19(15-21)20-10-8-12-23(16-20)36-5/h7-12,15-17,25,33H,6,13-14,18H2,1-5H3,(H,30,34)/t25-,37-/m1/s1. The van der Waals surface area contributed by atoms with Crippen LogP contribution in [-0.4, -0.2) is 49.5 Å². The summed E-state index contributed by atoms with van der Waals surface area (Å²) in [6.07, 6.45) is 0.416. The lowest BCUT2D eigenvalue weighted by atomic mass is 9.94. The highest BCUT2D eigenvalue weighted by atomic mass is 32.2. The number of nitrogens with one attached hydrogen (secondary N) is 1. The van der Waals surface area contributed by atoms with Gasteiger partial charge in [0.2, 0.25) is 0 Å². The Morgan fingerprint density at radius 3 is 2.46 bits per heavy atom. The largest absolute Gasteiger partial charge is 0.497 e. The Morgan fingerprint density at radius 1 is 1.14 bits per heavy atom. The Hall–Kier alpha value is -3.07. The number of rotatable bonds is 8. The van der Waals surface area contributed by atoms with Gasteiger partial charge in [-0.1, -0.05) is 30.3 Å². The van der Waals surface area contributed by atoms with Crippen molar-refractivity contribution in [3.8, 4) is 28.1 Å². The monoisotopic (exact) mass is 521 g/mol. The molecule has 0 radical (unpaired) electrons. The van der Waals surface area contributed by atoms with Gasteiger partial charge in [0.15, 0.2) is 0 Å². The van der Waals surface area contributed by atoms with E-state index in [1.807, 2.05) is 74.5 Å². The topological polar surface area (TPSA) is 91.8 Å². The van der Waals surface area contributed by atoms with E-state index in [2.05, 4.69) is 11.4 Å². The average Bonchev–Trinajstić information content (AvgIpc) is 3.25. The molecule has 1 aromatic heterocycles. The number of fused-ring (bicyclic) bond motifs is 1. The van der Waals surface area contributed by atoms with Crippen LogP contribution in [-0.2, 0) is 17.5 Å². The summed E-state index contributed by atoms with van der Waals surface area (Å²) in [5.74, 6) is 0.521. The van der Waals surface area contributed by atoms with Crippen LogP contribution in [0.1, 0.15) is 61.8 Å². The Morgan fingerprint density at radius 2 is 1.81 bits per heavy atom. The lowest BCUT2D eigenvalue weighted by molar-refractivity contribution is 0.0951. The maximum atomic E-state index is 13.5. The minimum Gasteiger partial charge on any atom is -0.497 e. The fourth-order valence-electron chi connectivity index (χ4n) is 4.71. The quantitative estimate of drug-likeness (QED) is 0.441. The van der Waals surface area contributed by atoms with E-state index in [0.717, 1.165) is 33.6 Å². The second-order valence-corrected chi connectivity index (χ2v) is 12.3. The van der Waals surface area contributed by atoms with Gasteiger partial charge < -0.3 is 15.2 Å². The molecule has 4 rings (SSSR count). The first-order valence-corrected chi connectivity index (χ1v) is 13.6. The predicted octanol–water partition coefficient (Wildman–Crippen LogP) is 4.88. The number of amides is 1. The van der Waals surface area contributed by atoms with E-state index in [-0.39, 0.29) is 18.6 Å². The lowest BCUT2D eigenvalue weighted by Gasteiger charge is -2.30. The summed E-state index contributed by atoms with van der Waals surface area (Å²) in [6.45, 7) is 8.56. The fraction of sp³-hybridized carbons (Fsp3) is 0.379. The first kappa shape index (κ1) is 27.0. The van der Waals surface area contributed by atoms with Crippen molar-refractivity contribution in [3.05, 3.63) is 71.4 Å². The van der Waals surface area contributed by atoms with Crippen LogP contribution in [0.25, 0.3) is 22.4 Å². The van der Waals surface area contributed by atoms with Crippen molar-refractivity contribution in [1.29, 1.82) is 0 Å². The number of carbonyl (C=O) groups excluding carboxylic acids is 1. The van der Waals surface area contributed by atoms with Crippen molar-refractivity contribution in [2.45, 2.75) is 51.4 Å². The van der Waals surface area contributed by atoms with E-state index in [1.54, 1.807) is 13.2 Å². The molecule has 0 unspecified atom stereocenters. The molecule has 2 N–H and O–H groups in total. The molecule has 1 aliphatic rings. The van der Waals surface area contributed by atoms with Crippen LogP contribution in [0, 0.1) is 0 Å². The van der Waals surface area contributed by atoms with Gasteiger partial charge in [0.05, 0.1) is 23.6 Å². The number of hydrogen-bond acceptors (Lipinski definition) is 5. The third-order valence-corrected chi connectivity index (χ3v) is 8.26. The Kier molecular flexibility index (Phi) is 8.11. The third-order valence-electron chi connectivity index (χ3n) is 6.40. The van der Waals surface area contributed by atoms with Crippen molar-refractivity contribution in [3.63, 3.8) is 0 Å². The number of hydrogen-bond donors (Lipinski definition) is 2. The number of benzene rings is 2. The molecule has 8 heteroatoms. The number of pyridine rings is 1. The molecule has 0 saturated carbocycles. The summed E-state index contributed by atoms with van der Waals surface area (Å²) in [6, 6.07) is 17.4. The number of ether oxygens (including phenoxy) is 1. The van der Waals surface area contributed by atoms with Crippen molar-refractivity contribution in [2.24, 2.45) is 0 Å². The Bertz CT molecular complexity index is 1320. The van der Waals surface area contributed by atoms with Gasteiger partial charge >= 0.3 is 0 Å². The van der Waals surface area contributed by atoms with Gasteiger partial charge in [0, 0.05) is 30.8 Å². The second-order valence-electron chi connectivity index (χ2n) is 10.1. The first-order chi connectivity index (χ1) is 17.7. The number of aliphatic hydroxyl groups is 1. The molecule has 0 aliphatic carbocycles. The third kappa shape index (κ3) is 5.61. The molecular formula is C29H35N3O4S. The Balaban J connectivity index is 1.89. The minimum absolute atomic E-state index is 0.0523. The smallest absolute Gasteiger partial charge is 0.269 e. The molecule has 0 spiro atoms. The van der Waals surface area contributed by atoms with Crippen molar-refractivity contribution >= 4 is 16.9 Å². The van der Waals surface area contributed by atoms with Gasteiger partial charge in [0.1, 0.15) is 22.4 Å². The highest BCUT2D eigenvalue weighted by Gasteiger charge is 2.40. The van der Waals surface area contributed by atoms with Gasteiger partial charge in [-0.3, -0.25) is 4.79 Å². The molecule has 1 amide bonds. The number of nitrogens with zero attached hydrogens (tertiary/aromatic N) is 2. The maximum Gasteiger partial charge on any atom is 0.269 e. The van der Waals surface area contributed by atoms with Crippen LogP contribution in [0.3, 0.4) is 0 Å². The summed E-state index contributed by atoms with van der Waals surface area (Å²) < 4.78 is 20.4. The normalized spacial score (nSPS) is 16.3. The maximum absolute atomic E-state index is 13.5. The molecule has 2 heterocycles. The van der Waals surface area contributed by atoms with Crippen LogP contribution in [0.5, 0.6) is 5.75 Å². The zero-order valence-electron chi connectivity index (χ0n) is 22.1. The van der Waals surface area contributed by atoms with Gasteiger partial charge in [-0.25, -0.2) is 13.5 Å². The zero-order chi connectivity index (χ0) is 26.7. The minimum atomic E-state index is -1.31. The number of aliphatic hydroxyl groups excluding tert-OH is 1. The van der Waals surface area contributed by atoms with E-state index in [0.29, 0.717) is 30.9 Å². The van der Waals surface area contributed by atoms with Gasteiger partial charge in [-0.15, -0.1) is 0 Å². The highest BCUT2D eigenvalue weighted by molar-refractivity contribution is 7.84. The van der Waals surface area contributed by atoms with Gasteiger partial charge in [-0.2, -0.15) is 0 Å². The number of carbonyl (C=O) groups is 1. The molecule has 0 fully saturated rings. The van der Waals surface area contributed by atoms with E-state index < -0.39 is 15.7 Å². The lowest BCUT2D eigenvalue weighted by Crippen LogP contribution is -2.36. The van der Waals surface area contributed by atoms with E-state index >= 15 is 0 Å². The molecule has 7 nitrogen and oxygen atoms in total. The molecule has 0 saturated heterocycles. The van der Waals surface area contributed by atoms with Crippen LogP contribution in [0.15, 0.2) is 54.6 Å². The molecular weight excluding hydrogens is 486 g/mol. The number of aromatic nitrogens is 1. The Labute approximate surface area is 221 Å². The van der Waals surface area contributed by atoms with Crippen molar-refractivity contribution in [2.75, 3.05) is 20.3 Å². The zero-order valence-corrected chi connectivity index (χ0v) is 22.9. The van der Waals surface area contributed by atoms with Crippen LogP contribution < -0.4 is 10.1 Å². The molecule has 37 heavy (non-hydrogen) atoms. The van der Waals surface area contributed by atoms with E-state index in [4.69, 9.17) is 9.72 Å². The van der Waals surface area contributed by atoms with Crippen molar-refractivity contribution in [1.82, 2.24) is 14.6 Å². The summed E-state index contributed by atoms with van der Waals surface area (Å²) in [5, 5.41) is 12.8. The summed E-state index contributed by atoms with van der Waals surface area (Å²) in [7, 11) is 0.329. The molecule has 196 valence electrons. The van der Waals surface area contributed by atoms with Gasteiger partial charge in [-0.05, 0) is 75.1 Å². The second kappa shape index (κ2) is 11.1. The van der Waals surface area contributed by atoms with Crippen molar-refractivity contribution < 1.29 is 18.8 Å². The van der Waals surface area contributed by atoms with Crippen LogP contribution in [0.2, 0.25) is 0 Å². The summed E-state index contributed by atoms with van der Waals surface area (Å²) in [4.78, 5) is 17.7. The molecule has 0 bridgehead atoms. The SMILES string of the molecule is CCNC(=O)c1cc2c(c(-c3cccc(-c4cccc(OC)c4)c3)n1)[C@@H](CCO)N([S@](=O)C(C)(C)C)C2. The molecule has 2 aromatic carbocycles. The molecule has 2 atom stereocenters. The van der Waals surface area contributed by atoms with E-state index in [1.165, 1.54) is 0 Å². The van der Waals surface area contributed by atoms with Gasteiger partial charge in [0.25, 0.3) is 5.91 Å².